The average Bonchev–Trinajstić information content (AvgIpc) is 3.77. The van der Waals surface area contributed by atoms with Crippen molar-refractivity contribution in [2.75, 3.05) is 6.61 Å². The number of aromatic amines is 1. The number of amides is 2. The molecule has 10 nitrogen and oxygen atoms in total. The van der Waals surface area contributed by atoms with Gasteiger partial charge in [-0.2, -0.15) is 0 Å². The van der Waals surface area contributed by atoms with Crippen molar-refractivity contribution < 1.29 is 18.8 Å². The van der Waals surface area contributed by atoms with Crippen LogP contribution in [0.5, 0.6) is 5.75 Å². The number of nitrogens with zero attached hydrogens (tertiary/aromatic N) is 2. The molecule has 2 unspecified atom stereocenters. The van der Waals surface area contributed by atoms with Gasteiger partial charge in [0, 0.05) is 47.3 Å². The van der Waals surface area contributed by atoms with Crippen molar-refractivity contribution in [3.63, 3.8) is 0 Å². The van der Waals surface area contributed by atoms with Crippen molar-refractivity contribution in [2.24, 2.45) is 5.73 Å². The topological polar surface area (TPSA) is 148 Å². The Bertz CT molecular complexity index is 1710. The molecule has 1 aliphatic rings. The van der Waals surface area contributed by atoms with Gasteiger partial charge < -0.3 is 30.6 Å². The molecule has 2 aromatic heterocycles. The van der Waals surface area contributed by atoms with Gasteiger partial charge in [-0.1, -0.05) is 65.3 Å². The van der Waals surface area contributed by atoms with E-state index in [9.17, 15) is 9.59 Å². The first kappa shape index (κ1) is 29.2. The molecule has 0 radical (unpaired) electrons. The third-order valence-corrected chi connectivity index (χ3v) is 7.99. The van der Waals surface area contributed by atoms with Crippen molar-refractivity contribution in [2.45, 2.75) is 37.4 Å². The Morgan fingerprint density at radius 3 is 2.50 bits per heavy atom. The van der Waals surface area contributed by atoms with Gasteiger partial charge in [-0.05, 0) is 35.7 Å². The summed E-state index contributed by atoms with van der Waals surface area (Å²) < 4.78 is 11.3. The molecular weight excluding hydrogens is 580 g/mol. The highest BCUT2D eigenvalue weighted by Gasteiger charge is 2.30. The van der Waals surface area contributed by atoms with E-state index in [-0.39, 0.29) is 18.5 Å². The summed E-state index contributed by atoms with van der Waals surface area (Å²) in [6.07, 6.45) is 6.74. The van der Waals surface area contributed by atoms with Gasteiger partial charge in [-0.25, -0.2) is 4.98 Å². The van der Waals surface area contributed by atoms with Crippen LogP contribution in [0.2, 0.25) is 5.02 Å². The molecule has 224 valence electrons. The van der Waals surface area contributed by atoms with E-state index >= 15 is 0 Å². The van der Waals surface area contributed by atoms with Crippen LogP contribution in [0.1, 0.15) is 51.2 Å². The lowest BCUT2D eigenvalue weighted by Gasteiger charge is -2.31. The molecular formula is C33H31ClN6O4. The van der Waals surface area contributed by atoms with E-state index < -0.39 is 17.9 Å². The lowest BCUT2D eigenvalue weighted by atomic mass is 9.94. The number of nitrogens with two attached hydrogens (primary N) is 1. The van der Waals surface area contributed by atoms with E-state index in [0.717, 1.165) is 27.9 Å². The number of hydrogen-bond acceptors (Lipinski definition) is 7. The molecule has 44 heavy (non-hydrogen) atoms. The van der Waals surface area contributed by atoms with E-state index in [1.54, 1.807) is 42.9 Å². The van der Waals surface area contributed by atoms with E-state index in [4.69, 9.17) is 26.6 Å². The second-order valence-electron chi connectivity index (χ2n) is 10.7. The largest absolute Gasteiger partial charge is 0.492 e. The molecule has 3 heterocycles. The molecule has 0 aliphatic carbocycles. The summed E-state index contributed by atoms with van der Waals surface area (Å²) in [5.41, 5.74) is 10.7. The molecule has 3 aromatic carbocycles. The molecule has 1 aliphatic heterocycles. The van der Waals surface area contributed by atoms with Gasteiger partial charge in [-0.15, -0.1) is 0 Å². The number of H-pyrrole nitrogens is 1. The fourth-order valence-electron chi connectivity index (χ4n) is 5.46. The van der Waals surface area contributed by atoms with Crippen molar-refractivity contribution in [1.82, 2.24) is 25.8 Å². The predicted molar refractivity (Wildman–Crippen MR) is 165 cm³/mol. The maximum absolute atomic E-state index is 13.5. The number of nitrogens with one attached hydrogen (secondary N) is 3. The summed E-state index contributed by atoms with van der Waals surface area (Å²) in [4.78, 5) is 33.2. The maximum atomic E-state index is 13.5. The highest BCUT2D eigenvalue weighted by atomic mass is 35.5. The first-order chi connectivity index (χ1) is 21.4. The zero-order chi connectivity index (χ0) is 30.5. The number of primary amides is 1. The normalized spacial score (nSPS) is 15.5. The number of rotatable bonds is 11. The van der Waals surface area contributed by atoms with Crippen molar-refractivity contribution in [3.8, 4) is 17.1 Å². The van der Waals surface area contributed by atoms with Gasteiger partial charge in [0.25, 0.3) is 5.91 Å². The molecule has 0 saturated heterocycles. The number of hydrogen-bond donors (Lipinski definition) is 4. The Hall–Kier alpha value is -4.93. The zero-order valence-electron chi connectivity index (χ0n) is 23.7. The molecule has 5 aromatic rings. The van der Waals surface area contributed by atoms with Crippen LogP contribution < -0.4 is 21.1 Å². The standard InChI is InChI=1S/C33H31ClN6O4/c34-23-10-6-21(7-11-23)17-28(32(35)41)40-33(42)25-3-1-2-24-26(13-15-43-31(24)25)39-27(29-18-36-19-37-29)16-20-4-8-22(9-5-20)30-12-14-38-44-30/h1-12,14,18-19,26-28,39H,13,15-17H2,(H2,35,41)(H,36,37)(H,40,42)/t26?,27?,28-/m0/s1. The van der Waals surface area contributed by atoms with Crippen molar-refractivity contribution >= 4 is 23.4 Å². The minimum Gasteiger partial charge on any atom is -0.492 e. The first-order valence-corrected chi connectivity index (χ1v) is 14.7. The van der Waals surface area contributed by atoms with Crippen LogP contribution >= 0.6 is 11.6 Å². The second kappa shape index (κ2) is 13.2. The number of benzene rings is 3. The van der Waals surface area contributed by atoms with Crippen molar-refractivity contribution in [3.05, 3.63) is 124 Å². The lowest BCUT2D eigenvalue weighted by Crippen LogP contribution is -2.46. The fourth-order valence-corrected chi connectivity index (χ4v) is 5.58. The Morgan fingerprint density at radius 1 is 1.02 bits per heavy atom. The van der Waals surface area contributed by atoms with Crippen molar-refractivity contribution in [1.29, 1.82) is 0 Å². The van der Waals surface area contributed by atoms with Gasteiger partial charge in [0.1, 0.15) is 11.8 Å². The minimum absolute atomic E-state index is 0.0966. The third-order valence-electron chi connectivity index (χ3n) is 7.73. The van der Waals surface area contributed by atoms with Crippen LogP contribution in [-0.2, 0) is 17.6 Å². The second-order valence-corrected chi connectivity index (χ2v) is 11.1. The number of carbonyl (C=O) groups excluding carboxylic acids is 2. The number of fused-ring (bicyclic) bond motifs is 1. The first-order valence-electron chi connectivity index (χ1n) is 14.3. The number of imidazole rings is 1. The quantitative estimate of drug-likeness (QED) is 0.165. The molecule has 5 N–H and O–H groups in total. The van der Waals surface area contributed by atoms with E-state index in [2.05, 4.69) is 37.9 Å². The summed E-state index contributed by atoms with van der Waals surface area (Å²) in [5.74, 6) is 0.140. The van der Waals surface area contributed by atoms with E-state index in [0.29, 0.717) is 41.5 Å². The summed E-state index contributed by atoms with van der Waals surface area (Å²) in [6.45, 7) is 0.417. The van der Waals surface area contributed by atoms with Crippen LogP contribution in [0.25, 0.3) is 11.3 Å². The molecule has 0 bridgehead atoms. The Morgan fingerprint density at radius 2 is 1.80 bits per heavy atom. The summed E-state index contributed by atoms with van der Waals surface area (Å²) in [6, 6.07) is 21.4. The monoisotopic (exact) mass is 610 g/mol. The van der Waals surface area contributed by atoms with Gasteiger partial charge in [0.15, 0.2) is 5.76 Å². The van der Waals surface area contributed by atoms with E-state index in [1.165, 1.54) is 0 Å². The molecule has 0 spiro atoms. The minimum atomic E-state index is -0.905. The molecule has 0 saturated carbocycles. The van der Waals surface area contributed by atoms with Crippen LogP contribution in [0, 0.1) is 0 Å². The zero-order valence-corrected chi connectivity index (χ0v) is 24.5. The number of ether oxygens (including phenoxy) is 1. The van der Waals surface area contributed by atoms with E-state index in [1.807, 2.05) is 36.5 Å². The SMILES string of the molecule is NC(=O)[C@H](Cc1ccc(Cl)cc1)NC(=O)c1cccc2c1OCCC2NC(Cc1ccc(-c2ccno2)cc1)c1cnc[nH]1. The molecule has 6 rings (SSSR count). The number of aromatic nitrogens is 3. The van der Waals surface area contributed by atoms with Gasteiger partial charge in [0.05, 0.1) is 36.4 Å². The Balaban J connectivity index is 1.20. The highest BCUT2D eigenvalue weighted by Crippen LogP contribution is 2.37. The van der Waals surface area contributed by atoms with Gasteiger partial charge in [-0.3, -0.25) is 9.59 Å². The summed E-state index contributed by atoms with van der Waals surface area (Å²) in [5, 5.41) is 10.9. The Kier molecular flexibility index (Phi) is 8.71. The number of halogens is 1. The Labute approximate surface area is 259 Å². The van der Waals surface area contributed by atoms with Gasteiger partial charge >= 0.3 is 0 Å². The maximum Gasteiger partial charge on any atom is 0.255 e. The highest BCUT2D eigenvalue weighted by molar-refractivity contribution is 6.30. The average molecular weight is 611 g/mol. The van der Waals surface area contributed by atoms with Gasteiger partial charge in [0.2, 0.25) is 5.91 Å². The molecule has 11 heteroatoms. The molecule has 2 amide bonds. The lowest BCUT2D eigenvalue weighted by molar-refractivity contribution is -0.119. The third kappa shape index (κ3) is 6.66. The molecule has 3 atom stereocenters. The summed E-state index contributed by atoms with van der Waals surface area (Å²) in [7, 11) is 0. The van der Waals surface area contributed by atoms with Crippen LogP contribution in [0.3, 0.4) is 0 Å². The van der Waals surface area contributed by atoms with Crippen LogP contribution in [0.4, 0.5) is 0 Å². The fraction of sp³-hybridized carbons (Fsp3) is 0.212. The number of carbonyl (C=O) groups is 2. The smallest absolute Gasteiger partial charge is 0.255 e. The predicted octanol–water partition coefficient (Wildman–Crippen LogP) is 4.94. The molecule has 0 fully saturated rings. The van der Waals surface area contributed by atoms with Crippen LogP contribution in [0.15, 0.2) is 96.0 Å². The van der Waals surface area contributed by atoms with Crippen LogP contribution in [-0.4, -0.2) is 39.6 Å². The summed E-state index contributed by atoms with van der Waals surface area (Å²) >= 11 is 5.99. The number of para-hydroxylation sites is 1.